The summed E-state index contributed by atoms with van der Waals surface area (Å²) in [5.74, 6) is -1.90. The molecule has 104 valence electrons. The number of nitrogens with zero attached hydrogens (tertiary/aromatic N) is 2. The Labute approximate surface area is 113 Å². The molecule has 0 spiro atoms. The summed E-state index contributed by atoms with van der Waals surface area (Å²) < 4.78 is 13.3. The molecule has 0 aromatic heterocycles. The summed E-state index contributed by atoms with van der Waals surface area (Å²) in [7, 11) is 0. The minimum atomic E-state index is -1.02. The molecule has 8 heteroatoms. The largest absolute Gasteiger partial charge is 0.481 e. The van der Waals surface area contributed by atoms with Crippen LogP contribution in [0.5, 0.6) is 0 Å². The molecule has 0 bridgehead atoms. The van der Waals surface area contributed by atoms with E-state index in [-0.39, 0.29) is 23.7 Å². The van der Waals surface area contributed by atoms with Crippen molar-refractivity contribution in [3.05, 3.63) is 33.1 Å². The lowest BCUT2D eigenvalue weighted by Gasteiger charge is -2.22. The lowest BCUT2D eigenvalue weighted by atomic mass is 10.2. The molecule has 0 saturated carbocycles. The second kappa shape index (κ2) is 6.33. The van der Waals surface area contributed by atoms with Gasteiger partial charge in [0.2, 0.25) is 0 Å². The van der Waals surface area contributed by atoms with Crippen LogP contribution in [0.15, 0.2) is 12.1 Å². The van der Waals surface area contributed by atoms with Gasteiger partial charge in [0, 0.05) is 13.1 Å². The molecule has 1 aromatic carbocycles. The van der Waals surface area contributed by atoms with Crippen LogP contribution in [-0.4, -0.2) is 29.1 Å². The fourth-order valence-electron chi connectivity index (χ4n) is 1.60. The zero-order valence-electron chi connectivity index (χ0n) is 10.1. The van der Waals surface area contributed by atoms with Gasteiger partial charge in [0.15, 0.2) is 0 Å². The maximum Gasteiger partial charge on any atom is 0.305 e. The van der Waals surface area contributed by atoms with Crippen LogP contribution < -0.4 is 4.90 Å². The van der Waals surface area contributed by atoms with Gasteiger partial charge in [-0.2, -0.15) is 0 Å². The van der Waals surface area contributed by atoms with E-state index in [1.165, 1.54) is 4.90 Å². The van der Waals surface area contributed by atoms with Gasteiger partial charge in [-0.1, -0.05) is 11.6 Å². The number of benzene rings is 1. The Morgan fingerprint density at radius 3 is 2.68 bits per heavy atom. The Kier molecular flexibility index (Phi) is 5.05. The van der Waals surface area contributed by atoms with Gasteiger partial charge in [0.25, 0.3) is 5.69 Å². The summed E-state index contributed by atoms with van der Waals surface area (Å²) in [5.41, 5.74) is -0.325. The highest BCUT2D eigenvalue weighted by molar-refractivity contribution is 6.31. The summed E-state index contributed by atoms with van der Waals surface area (Å²) in [5, 5.41) is 19.3. The average Bonchev–Trinajstić information content (AvgIpc) is 2.33. The number of nitro benzene ring substituents is 1. The Bertz CT molecular complexity index is 510. The molecule has 0 radical (unpaired) electrons. The van der Waals surface area contributed by atoms with Crippen LogP contribution in [0, 0.1) is 15.9 Å². The van der Waals surface area contributed by atoms with E-state index < -0.39 is 22.4 Å². The van der Waals surface area contributed by atoms with E-state index >= 15 is 0 Å². The molecule has 0 amide bonds. The topological polar surface area (TPSA) is 83.7 Å². The van der Waals surface area contributed by atoms with Crippen LogP contribution in [0.4, 0.5) is 15.8 Å². The molecule has 0 unspecified atom stereocenters. The van der Waals surface area contributed by atoms with Crippen LogP contribution >= 0.6 is 11.6 Å². The monoisotopic (exact) mass is 290 g/mol. The SMILES string of the molecule is CCN(CCC(=O)O)c1cc(Cl)c(F)cc1[N+](=O)[O-]. The number of rotatable bonds is 6. The normalized spacial score (nSPS) is 10.3. The average molecular weight is 291 g/mol. The number of carboxylic acid groups (broad SMARTS) is 1. The van der Waals surface area contributed by atoms with E-state index in [1.807, 2.05) is 0 Å². The van der Waals surface area contributed by atoms with Crippen LogP contribution in [0.1, 0.15) is 13.3 Å². The standard InChI is InChI=1S/C11H12ClFN2O4/c1-2-14(4-3-11(16)17)9-5-7(12)8(13)6-10(9)15(18)19/h5-6H,2-4H2,1H3,(H,16,17). The van der Waals surface area contributed by atoms with Crippen molar-refractivity contribution in [1.29, 1.82) is 0 Å². The molecule has 0 fully saturated rings. The second-order valence-electron chi connectivity index (χ2n) is 3.74. The first kappa shape index (κ1) is 15.2. The number of anilines is 1. The van der Waals surface area contributed by atoms with E-state index in [2.05, 4.69) is 0 Å². The van der Waals surface area contributed by atoms with Gasteiger partial charge < -0.3 is 10.0 Å². The summed E-state index contributed by atoms with van der Waals surface area (Å²) in [6.07, 6.45) is -0.181. The van der Waals surface area contributed by atoms with Crippen LogP contribution in [-0.2, 0) is 4.79 Å². The van der Waals surface area contributed by atoms with E-state index in [4.69, 9.17) is 16.7 Å². The molecule has 19 heavy (non-hydrogen) atoms. The van der Waals surface area contributed by atoms with Gasteiger partial charge >= 0.3 is 5.97 Å². The third kappa shape index (κ3) is 3.78. The van der Waals surface area contributed by atoms with Gasteiger partial charge in [-0.15, -0.1) is 0 Å². The maximum absolute atomic E-state index is 13.3. The van der Waals surface area contributed by atoms with Gasteiger partial charge in [-0.3, -0.25) is 14.9 Å². The molecule has 1 rings (SSSR count). The maximum atomic E-state index is 13.3. The van der Waals surface area contributed by atoms with E-state index in [1.54, 1.807) is 6.92 Å². The van der Waals surface area contributed by atoms with Crippen molar-refractivity contribution in [2.45, 2.75) is 13.3 Å². The van der Waals surface area contributed by atoms with Crippen molar-refractivity contribution in [3.8, 4) is 0 Å². The molecule has 0 atom stereocenters. The van der Waals surface area contributed by atoms with Crippen molar-refractivity contribution in [2.75, 3.05) is 18.0 Å². The van der Waals surface area contributed by atoms with Crippen molar-refractivity contribution >= 4 is 28.9 Å². The zero-order chi connectivity index (χ0) is 14.6. The van der Waals surface area contributed by atoms with E-state index in [9.17, 15) is 19.3 Å². The molecule has 0 aliphatic carbocycles. The lowest BCUT2D eigenvalue weighted by Crippen LogP contribution is -2.26. The van der Waals surface area contributed by atoms with Gasteiger partial charge in [-0.05, 0) is 13.0 Å². The third-order valence-electron chi connectivity index (χ3n) is 2.53. The first-order valence-electron chi connectivity index (χ1n) is 5.47. The Morgan fingerprint density at radius 1 is 1.58 bits per heavy atom. The molecular weight excluding hydrogens is 279 g/mol. The highest BCUT2D eigenvalue weighted by Crippen LogP contribution is 2.33. The quantitative estimate of drug-likeness (QED) is 0.643. The number of nitro groups is 1. The Morgan fingerprint density at radius 2 is 2.21 bits per heavy atom. The number of hydrogen-bond acceptors (Lipinski definition) is 4. The number of carboxylic acids is 1. The summed E-state index contributed by atoms with van der Waals surface area (Å²) in [6.45, 7) is 2.13. The summed E-state index contributed by atoms with van der Waals surface area (Å²) in [4.78, 5) is 22.2. The Hall–Kier alpha value is -1.89. The first-order valence-corrected chi connectivity index (χ1v) is 5.84. The van der Waals surface area contributed by atoms with Gasteiger partial charge in [0.1, 0.15) is 11.5 Å². The van der Waals surface area contributed by atoms with Gasteiger partial charge in [0.05, 0.1) is 22.4 Å². The number of carbonyl (C=O) groups is 1. The third-order valence-corrected chi connectivity index (χ3v) is 2.82. The van der Waals surface area contributed by atoms with Gasteiger partial charge in [-0.25, -0.2) is 4.39 Å². The molecule has 1 aromatic rings. The van der Waals surface area contributed by atoms with Crippen molar-refractivity contribution in [2.24, 2.45) is 0 Å². The second-order valence-corrected chi connectivity index (χ2v) is 4.14. The van der Waals surface area contributed by atoms with E-state index in [0.29, 0.717) is 6.54 Å². The van der Waals surface area contributed by atoms with Crippen molar-refractivity contribution in [3.63, 3.8) is 0 Å². The minimum Gasteiger partial charge on any atom is -0.481 e. The molecule has 0 heterocycles. The zero-order valence-corrected chi connectivity index (χ0v) is 10.9. The first-order chi connectivity index (χ1) is 8.86. The number of aliphatic carboxylic acids is 1. The van der Waals surface area contributed by atoms with Crippen LogP contribution in [0.2, 0.25) is 5.02 Å². The molecule has 0 aliphatic heterocycles. The molecule has 6 nitrogen and oxygen atoms in total. The van der Waals surface area contributed by atoms with Crippen molar-refractivity contribution < 1.29 is 19.2 Å². The minimum absolute atomic E-state index is 0.0780. The van der Waals surface area contributed by atoms with Crippen LogP contribution in [0.25, 0.3) is 0 Å². The van der Waals surface area contributed by atoms with Crippen molar-refractivity contribution in [1.82, 2.24) is 0 Å². The molecule has 1 N–H and O–H groups in total. The molecule has 0 saturated heterocycles. The lowest BCUT2D eigenvalue weighted by molar-refractivity contribution is -0.384. The summed E-state index contributed by atoms with van der Waals surface area (Å²) in [6, 6.07) is 1.88. The summed E-state index contributed by atoms with van der Waals surface area (Å²) >= 11 is 5.61. The number of hydrogen-bond donors (Lipinski definition) is 1. The fourth-order valence-corrected chi connectivity index (χ4v) is 1.76. The molecule has 0 aliphatic rings. The van der Waals surface area contributed by atoms with E-state index in [0.717, 1.165) is 12.1 Å². The smallest absolute Gasteiger partial charge is 0.305 e. The Balaban J connectivity index is 3.17. The predicted octanol–water partition coefficient (Wildman–Crippen LogP) is 2.69. The highest BCUT2D eigenvalue weighted by atomic mass is 35.5. The number of halogens is 2. The highest BCUT2D eigenvalue weighted by Gasteiger charge is 2.22. The molecular formula is C11H12ClFN2O4. The fraction of sp³-hybridized carbons (Fsp3) is 0.364. The van der Waals surface area contributed by atoms with Crippen LogP contribution in [0.3, 0.4) is 0 Å². The predicted molar refractivity (Wildman–Crippen MR) is 68.2 cm³/mol.